The Morgan fingerprint density at radius 3 is 2.50 bits per heavy atom. The Kier molecular flexibility index (Phi) is 4.61. The maximum Gasteiger partial charge on any atom is 0.153 e. The SMILES string of the molecule is Cc1ccc(C(C)C)c(Oc2ccc(Br)cc2C=O)c1. The molecule has 0 aliphatic heterocycles. The third kappa shape index (κ3) is 3.28. The van der Waals surface area contributed by atoms with Crippen molar-refractivity contribution in [2.45, 2.75) is 26.7 Å². The first-order chi connectivity index (χ1) is 9.51. The number of benzene rings is 2. The van der Waals surface area contributed by atoms with E-state index in [9.17, 15) is 4.79 Å². The fraction of sp³-hybridized carbons (Fsp3) is 0.235. The van der Waals surface area contributed by atoms with Crippen molar-refractivity contribution < 1.29 is 9.53 Å². The summed E-state index contributed by atoms with van der Waals surface area (Å²) in [5, 5.41) is 0. The number of carbonyl (C=O) groups excluding carboxylic acids is 1. The van der Waals surface area contributed by atoms with Gasteiger partial charge in [0, 0.05) is 4.47 Å². The Morgan fingerprint density at radius 1 is 1.10 bits per heavy atom. The topological polar surface area (TPSA) is 26.3 Å². The van der Waals surface area contributed by atoms with Crippen LogP contribution < -0.4 is 4.74 Å². The number of ether oxygens (including phenoxy) is 1. The molecular formula is C17H17BrO2. The van der Waals surface area contributed by atoms with Crippen LogP contribution in [0.1, 0.15) is 41.3 Å². The summed E-state index contributed by atoms with van der Waals surface area (Å²) in [5.41, 5.74) is 2.81. The Morgan fingerprint density at radius 2 is 1.85 bits per heavy atom. The van der Waals surface area contributed by atoms with Crippen molar-refractivity contribution in [2.24, 2.45) is 0 Å². The molecule has 3 heteroatoms. The van der Waals surface area contributed by atoms with Crippen molar-refractivity contribution in [2.75, 3.05) is 0 Å². The van der Waals surface area contributed by atoms with Crippen LogP contribution in [0.5, 0.6) is 11.5 Å². The summed E-state index contributed by atoms with van der Waals surface area (Å²) in [5.74, 6) is 1.75. The van der Waals surface area contributed by atoms with Crippen molar-refractivity contribution in [1.82, 2.24) is 0 Å². The van der Waals surface area contributed by atoms with Crippen molar-refractivity contribution >= 4 is 22.2 Å². The zero-order chi connectivity index (χ0) is 14.7. The van der Waals surface area contributed by atoms with E-state index in [1.807, 2.05) is 19.1 Å². The van der Waals surface area contributed by atoms with Gasteiger partial charge in [-0.3, -0.25) is 4.79 Å². The average Bonchev–Trinajstić information content (AvgIpc) is 2.40. The van der Waals surface area contributed by atoms with Crippen LogP contribution in [0.25, 0.3) is 0 Å². The van der Waals surface area contributed by atoms with E-state index in [0.29, 0.717) is 17.2 Å². The molecule has 0 bridgehead atoms. The molecule has 2 aromatic rings. The van der Waals surface area contributed by atoms with Crippen LogP contribution >= 0.6 is 15.9 Å². The van der Waals surface area contributed by atoms with Crippen LogP contribution in [0.15, 0.2) is 40.9 Å². The van der Waals surface area contributed by atoms with E-state index in [4.69, 9.17) is 4.74 Å². The van der Waals surface area contributed by atoms with E-state index < -0.39 is 0 Å². The molecule has 0 fully saturated rings. The minimum atomic E-state index is 0.362. The number of hydrogen-bond acceptors (Lipinski definition) is 2. The molecule has 0 saturated carbocycles. The smallest absolute Gasteiger partial charge is 0.153 e. The number of aryl methyl sites for hydroxylation is 1. The minimum Gasteiger partial charge on any atom is -0.456 e. The standard InChI is InChI=1S/C17H17BrO2/c1-11(2)15-6-4-12(3)8-17(15)20-16-7-5-14(18)9-13(16)10-19/h4-11H,1-3H3. The van der Waals surface area contributed by atoms with E-state index in [1.165, 1.54) is 0 Å². The summed E-state index contributed by atoms with van der Waals surface area (Å²) in [6.45, 7) is 6.28. The summed E-state index contributed by atoms with van der Waals surface area (Å²) in [6, 6.07) is 11.6. The average molecular weight is 333 g/mol. The molecule has 0 spiro atoms. The normalized spacial score (nSPS) is 10.7. The quantitative estimate of drug-likeness (QED) is 0.692. The molecule has 104 valence electrons. The van der Waals surface area contributed by atoms with Gasteiger partial charge in [-0.2, -0.15) is 0 Å². The number of hydrogen-bond donors (Lipinski definition) is 0. The van der Waals surface area contributed by atoms with Gasteiger partial charge in [-0.25, -0.2) is 0 Å². The van der Waals surface area contributed by atoms with Crippen LogP contribution in [0.2, 0.25) is 0 Å². The Hall–Kier alpha value is -1.61. The fourth-order valence-electron chi connectivity index (χ4n) is 2.03. The van der Waals surface area contributed by atoms with Gasteiger partial charge in [0.2, 0.25) is 0 Å². The van der Waals surface area contributed by atoms with Crippen molar-refractivity contribution in [1.29, 1.82) is 0 Å². The lowest BCUT2D eigenvalue weighted by atomic mass is 10.0. The second-order valence-electron chi connectivity index (χ2n) is 5.10. The summed E-state index contributed by atoms with van der Waals surface area (Å²) >= 11 is 3.36. The van der Waals surface area contributed by atoms with Crippen LogP contribution in [0, 0.1) is 6.92 Å². The molecule has 0 saturated heterocycles. The van der Waals surface area contributed by atoms with E-state index in [0.717, 1.165) is 27.6 Å². The monoisotopic (exact) mass is 332 g/mol. The molecular weight excluding hydrogens is 316 g/mol. The molecule has 0 unspecified atom stereocenters. The zero-order valence-corrected chi connectivity index (χ0v) is 13.4. The lowest BCUT2D eigenvalue weighted by molar-refractivity contribution is 0.112. The predicted octanol–water partition coefficient (Wildman–Crippen LogP) is 5.49. The second kappa shape index (κ2) is 6.23. The lowest BCUT2D eigenvalue weighted by Crippen LogP contribution is -1.97. The van der Waals surface area contributed by atoms with E-state index in [2.05, 4.69) is 41.9 Å². The molecule has 0 heterocycles. The second-order valence-corrected chi connectivity index (χ2v) is 6.01. The molecule has 0 atom stereocenters. The number of rotatable bonds is 4. The molecule has 0 aliphatic rings. The number of carbonyl (C=O) groups is 1. The van der Waals surface area contributed by atoms with E-state index in [-0.39, 0.29) is 0 Å². The summed E-state index contributed by atoms with van der Waals surface area (Å²) in [7, 11) is 0. The fourth-order valence-corrected chi connectivity index (χ4v) is 2.41. The van der Waals surface area contributed by atoms with Gasteiger partial charge in [-0.1, -0.05) is 41.9 Å². The zero-order valence-electron chi connectivity index (χ0n) is 11.8. The van der Waals surface area contributed by atoms with Crippen LogP contribution in [-0.4, -0.2) is 6.29 Å². The van der Waals surface area contributed by atoms with E-state index in [1.54, 1.807) is 12.1 Å². The van der Waals surface area contributed by atoms with Crippen LogP contribution in [0.3, 0.4) is 0 Å². The third-order valence-corrected chi connectivity index (χ3v) is 3.60. The molecule has 2 nitrogen and oxygen atoms in total. The van der Waals surface area contributed by atoms with Crippen LogP contribution in [-0.2, 0) is 0 Å². The largest absolute Gasteiger partial charge is 0.456 e. The predicted molar refractivity (Wildman–Crippen MR) is 84.9 cm³/mol. The number of halogens is 1. The molecule has 2 rings (SSSR count). The molecule has 0 aromatic heterocycles. The summed E-state index contributed by atoms with van der Waals surface area (Å²) in [4.78, 5) is 11.2. The highest BCUT2D eigenvalue weighted by Crippen LogP contribution is 2.33. The first-order valence-corrected chi connectivity index (χ1v) is 7.33. The summed E-state index contributed by atoms with van der Waals surface area (Å²) < 4.78 is 6.84. The van der Waals surface area contributed by atoms with Gasteiger partial charge in [0.25, 0.3) is 0 Å². The Bertz CT molecular complexity index is 633. The Balaban J connectivity index is 2.44. The molecule has 0 radical (unpaired) electrons. The Labute approximate surface area is 127 Å². The highest BCUT2D eigenvalue weighted by atomic mass is 79.9. The van der Waals surface area contributed by atoms with Gasteiger partial charge in [-0.15, -0.1) is 0 Å². The molecule has 0 aliphatic carbocycles. The van der Waals surface area contributed by atoms with Crippen molar-refractivity contribution in [3.63, 3.8) is 0 Å². The van der Waals surface area contributed by atoms with Crippen LogP contribution in [0.4, 0.5) is 0 Å². The molecule has 0 N–H and O–H groups in total. The summed E-state index contributed by atoms with van der Waals surface area (Å²) in [6.07, 6.45) is 0.810. The number of aldehydes is 1. The highest BCUT2D eigenvalue weighted by molar-refractivity contribution is 9.10. The lowest BCUT2D eigenvalue weighted by Gasteiger charge is -2.15. The molecule has 20 heavy (non-hydrogen) atoms. The molecule has 2 aromatic carbocycles. The first-order valence-electron chi connectivity index (χ1n) is 6.54. The van der Waals surface area contributed by atoms with E-state index >= 15 is 0 Å². The maximum atomic E-state index is 11.2. The van der Waals surface area contributed by atoms with Gasteiger partial charge in [-0.05, 0) is 48.2 Å². The third-order valence-electron chi connectivity index (χ3n) is 3.11. The first kappa shape index (κ1) is 14.8. The van der Waals surface area contributed by atoms with Gasteiger partial charge >= 0.3 is 0 Å². The maximum absolute atomic E-state index is 11.2. The minimum absolute atomic E-state index is 0.362. The highest BCUT2D eigenvalue weighted by Gasteiger charge is 2.11. The van der Waals surface area contributed by atoms with Gasteiger partial charge in [0.1, 0.15) is 11.5 Å². The van der Waals surface area contributed by atoms with Gasteiger partial charge in [0.05, 0.1) is 5.56 Å². The van der Waals surface area contributed by atoms with Crippen molar-refractivity contribution in [3.05, 3.63) is 57.6 Å². The van der Waals surface area contributed by atoms with Gasteiger partial charge in [0.15, 0.2) is 6.29 Å². The van der Waals surface area contributed by atoms with Crippen molar-refractivity contribution in [3.8, 4) is 11.5 Å². The molecule has 0 amide bonds. The van der Waals surface area contributed by atoms with Gasteiger partial charge < -0.3 is 4.74 Å².